The summed E-state index contributed by atoms with van der Waals surface area (Å²) in [5, 5.41) is 7.72. The average Bonchev–Trinajstić information content (AvgIpc) is 2.90. The fraction of sp³-hybridized carbons (Fsp3) is 0.333. The predicted octanol–water partition coefficient (Wildman–Crippen LogP) is 4.44. The highest BCUT2D eigenvalue weighted by Gasteiger charge is 2.19. The van der Waals surface area contributed by atoms with E-state index in [1.54, 1.807) is 11.3 Å². The van der Waals surface area contributed by atoms with Gasteiger partial charge in [-0.3, -0.25) is 0 Å². The van der Waals surface area contributed by atoms with Gasteiger partial charge in [0.05, 0.1) is 6.04 Å². The number of hydrogen-bond acceptors (Lipinski definition) is 3. The lowest BCUT2D eigenvalue weighted by molar-refractivity contribution is 0.707. The first-order valence-corrected chi connectivity index (χ1v) is 7.79. The Balaban J connectivity index is 2.40. The molecule has 2 heterocycles. The van der Waals surface area contributed by atoms with Crippen LogP contribution < -0.4 is 5.32 Å². The zero-order chi connectivity index (χ0) is 11.5. The molecule has 1 atom stereocenters. The van der Waals surface area contributed by atoms with Gasteiger partial charge in [0, 0.05) is 14.2 Å². The van der Waals surface area contributed by atoms with E-state index in [1.807, 2.05) is 18.4 Å². The lowest BCUT2D eigenvalue weighted by atomic mass is 10.1. The van der Waals surface area contributed by atoms with Crippen LogP contribution in [-0.2, 0) is 6.42 Å². The molecule has 2 aromatic heterocycles. The second-order valence-electron chi connectivity index (χ2n) is 3.52. The van der Waals surface area contributed by atoms with E-state index in [4.69, 9.17) is 0 Å². The van der Waals surface area contributed by atoms with Gasteiger partial charge in [-0.1, -0.05) is 6.92 Å². The molecule has 0 amide bonds. The van der Waals surface area contributed by atoms with Gasteiger partial charge in [0.2, 0.25) is 0 Å². The first kappa shape index (κ1) is 12.3. The molecule has 4 heteroatoms. The Kier molecular flexibility index (Phi) is 4.19. The average molecular weight is 316 g/mol. The molecule has 86 valence electrons. The Bertz CT molecular complexity index is 461. The van der Waals surface area contributed by atoms with Crippen molar-refractivity contribution in [2.75, 3.05) is 7.05 Å². The van der Waals surface area contributed by atoms with E-state index < -0.39 is 0 Å². The van der Waals surface area contributed by atoms with Gasteiger partial charge in [-0.25, -0.2) is 0 Å². The van der Waals surface area contributed by atoms with Crippen molar-refractivity contribution in [1.82, 2.24) is 5.32 Å². The maximum absolute atomic E-state index is 3.61. The van der Waals surface area contributed by atoms with Crippen LogP contribution >= 0.6 is 38.6 Å². The second-order valence-corrected chi connectivity index (χ2v) is 6.27. The summed E-state index contributed by atoms with van der Waals surface area (Å²) in [5.74, 6) is 0. The molecule has 0 saturated heterocycles. The highest BCUT2D eigenvalue weighted by atomic mass is 79.9. The summed E-state index contributed by atoms with van der Waals surface area (Å²) in [6.45, 7) is 2.21. The molecule has 0 aliphatic rings. The molecule has 2 rings (SSSR count). The second kappa shape index (κ2) is 5.45. The minimum Gasteiger partial charge on any atom is -0.308 e. The van der Waals surface area contributed by atoms with E-state index in [9.17, 15) is 0 Å². The fourth-order valence-corrected chi connectivity index (χ4v) is 4.69. The fourth-order valence-electron chi connectivity index (χ4n) is 1.79. The maximum atomic E-state index is 3.61. The SMILES string of the molecule is CCc1ccsc1C(NC)c1sccc1Br. The molecular formula is C12H14BrNS2. The number of halogens is 1. The monoisotopic (exact) mass is 315 g/mol. The molecule has 0 aliphatic carbocycles. The van der Waals surface area contributed by atoms with Crippen LogP contribution in [-0.4, -0.2) is 7.05 Å². The lowest BCUT2D eigenvalue weighted by Crippen LogP contribution is -2.16. The van der Waals surface area contributed by atoms with Crippen LogP contribution in [0.3, 0.4) is 0 Å². The molecule has 2 aromatic rings. The zero-order valence-corrected chi connectivity index (χ0v) is 12.5. The Morgan fingerprint density at radius 2 is 1.94 bits per heavy atom. The molecule has 1 nitrogen and oxygen atoms in total. The van der Waals surface area contributed by atoms with E-state index in [-0.39, 0.29) is 0 Å². The summed E-state index contributed by atoms with van der Waals surface area (Å²) in [5.41, 5.74) is 1.45. The molecule has 0 saturated carbocycles. The van der Waals surface area contributed by atoms with E-state index in [2.05, 4.69) is 51.1 Å². The Morgan fingerprint density at radius 3 is 2.50 bits per heavy atom. The largest absolute Gasteiger partial charge is 0.308 e. The molecule has 0 fully saturated rings. The van der Waals surface area contributed by atoms with Gasteiger partial charge in [-0.2, -0.15) is 0 Å². The zero-order valence-electron chi connectivity index (χ0n) is 9.29. The highest BCUT2D eigenvalue weighted by Crippen LogP contribution is 2.36. The molecule has 0 radical (unpaired) electrons. The highest BCUT2D eigenvalue weighted by molar-refractivity contribution is 9.10. The summed E-state index contributed by atoms with van der Waals surface area (Å²) in [6.07, 6.45) is 1.10. The van der Waals surface area contributed by atoms with Crippen molar-refractivity contribution in [1.29, 1.82) is 0 Å². The van der Waals surface area contributed by atoms with Gasteiger partial charge < -0.3 is 5.32 Å². The molecule has 0 bridgehead atoms. The van der Waals surface area contributed by atoms with Crippen molar-refractivity contribution in [2.45, 2.75) is 19.4 Å². The van der Waals surface area contributed by atoms with E-state index in [0.29, 0.717) is 6.04 Å². The van der Waals surface area contributed by atoms with Crippen LogP contribution in [0.1, 0.15) is 28.3 Å². The van der Waals surface area contributed by atoms with Gasteiger partial charge in [0.1, 0.15) is 0 Å². The van der Waals surface area contributed by atoms with Crippen LogP contribution in [0.4, 0.5) is 0 Å². The summed E-state index contributed by atoms with van der Waals surface area (Å²) in [4.78, 5) is 2.80. The van der Waals surface area contributed by atoms with Crippen LogP contribution in [0.25, 0.3) is 0 Å². The molecule has 0 aliphatic heterocycles. The Morgan fingerprint density at radius 1 is 1.25 bits per heavy atom. The predicted molar refractivity (Wildman–Crippen MR) is 76.6 cm³/mol. The lowest BCUT2D eigenvalue weighted by Gasteiger charge is -2.15. The number of thiophene rings is 2. The van der Waals surface area contributed by atoms with Crippen molar-refractivity contribution in [3.8, 4) is 0 Å². The molecular weight excluding hydrogens is 302 g/mol. The van der Waals surface area contributed by atoms with E-state index >= 15 is 0 Å². The standard InChI is InChI=1S/C12H14BrNS2/c1-3-8-4-6-15-11(8)10(14-2)12-9(13)5-7-16-12/h4-7,10,14H,3H2,1-2H3. The Hall–Kier alpha value is -0.160. The maximum Gasteiger partial charge on any atom is 0.0776 e. The summed E-state index contributed by atoms with van der Waals surface area (Å²) in [6, 6.07) is 4.67. The first-order chi connectivity index (χ1) is 7.77. The first-order valence-electron chi connectivity index (χ1n) is 5.24. The van der Waals surface area contributed by atoms with Crippen LogP contribution in [0.2, 0.25) is 0 Å². The van der Waals surface area contributed by atoms with Crippen LogP contribution in [0.5, 0.6) is 0 Å². The van der Waals surface area contributed by atoms with Gasteiger partial charge in [-0.15, -0.1) is 22.7 Å². The molecule has 0 aromatic carbocycles. The van der Waals surface area contributed by atoms with E-state index in [0.717, 1.165) is 6.42 Å². The topological polar surface area (TPSA) is 12.0 Å². The normalized spacial score (nSPS) is 12.9. The minimum absolute atomic E-state index is 0.323. The van der Waals surface area contributed by atoms with Crippen molar-refractivity contribution in [3.63, 3.8) is 0 Å². The molecule has 0 spiro atoms. The summed E-state index contributed by atoms with van der Waals surface area (Å²) >= 11 is 7.25. The quantitative estimate of drug-likeness (QED) is 0.879. The van der Waals surface area contributed by atoms with Crippen molar-refractivity contribution in [3.05, 3.63) is 42.7 Å². The van der Waals surface area contributed by atoms with E-state index in [1.165, 1.54) is 19.8 Å². The molecule has 16 heavy (non-hydrogen) atoms. The van der Waals surface area contributed by atoms with Crippen molar-refractivity contribution < 1.29 is 0 Å². The van der Waals surface area contributed by atoms with Gasteiger partial charge in [0.15, 0.2) is 0 Å². The summed E-state index contributed by atoms with van der Waals surface area (Å²) < 4.78 is 1.20. The number of hydrogen-bond donors (Lipinski definition) is 1. The third kappa shape index (κ3) is 2.25. The number of rotatable bonds is 4. The van der Waals surface area contributed by atoms with Crippen LogP contribution in [0, 0.1) is 0 Å². The third-order valence-corrected chi connectivity index (χ3v) is 5.58. The number of aryl methyl sites for hydroxylation is 1. The number of nitrogens with one attached hydrogen (secondary N) is 1. The summed E-state index contributed by atoms with van der Waals surface area (Å²) in [7, 11) is 2.02. The Labute approximate surface area is 113 Å². The molecule has 1 unspecified atom stereocenters. The van der Waals surface area contributed by atoms with Crippen molar-refractivity contribution >= 4 is 38.6 Å². The van der Waals surface area contributed by atoms with Gasteiger partial charge >= 0.3 is 0 Å². The minimum atomic E-state index is 0.323. The third-order valence-electron chi connectivity index (χ3n) is 2.62. The van der Waals surface area contributed by atoms with Crippen molar-refractivity contribution in [2.24, 2.45) is 0 Å². The van der Waals surface area contributed by atoms with Gasteiger partial charge in [0.25, 0.3) is 0 Å². The smallest absolute Gasteiger partial charge is 0.0776 e. The van der Waals surface area contributed by atoms with Crippen LogP contribution in [0.15, 0.2) is 27.4 Å². The molecule has 1 N–H and O–H groups in total. The van der Waals surface area contributed by atoms with Gasteiger partial charge in [-0.05, 0) is 57.9 Å².